The lowest BCUT2D eigenvalue weighted by Crippen LogP contribution is -2.46. The maximum atomic E-state index is 12.3. The van der Waals surface area contributed by atoms with Gasteiger partial charge in [0.25, 0.3) is 0 Å². The van der Waals surface area contributed by atoms with E-state index in [1.807, 2.05) is 7.05 Å². The highest BCUT2D eigenvalue weighted by molar-refractivity contribution is 7.89. The summed E-state index contributed by atoms with van der Waals surface area (Å²) >= 11 is 0. The molecule has 4 nitrogen and oxygen atoms in total. The normalized spacial score (nSPS) is 18.4. The van der Waals surface area contributed by atoms with Gasteiger partial charge in [-0.15, -0.1) is 6.42 Å². The van der Waals surface area contributed by atoms with Gasteiger partial charge in [-0.05, 0) is 31.3 Å². The van der Waals surface area contributed by atoms with Gasteiger partial charge in [0.05, 0.1) is 4.90 Å². The predicted molar refractivity (Wildman–Crippen MR) is 70.6 cm³/mol. The van der Waals surface area contributed by atoms with Gasteiger partial charge in [-0.1, -0.05) is 5.92 Å². The third-order valence-corrected chi connectivity index (χ3v) is 5.03. The molecule has 0 N–H and O–H groups in total. The van der Waals surface area contributed by atoms with Crippen molar-refractivity contribution in [2.24, 2.45) is 0 Å². The molecule has 0 radical (unpaired) electrons. The quantitative estimate of drug-likeness (QED) is 0.735. The first kappa shape index (κ1) is 13.1. The van der Waals surface area contributed by atoms with Crippen LogP contribution < -0.4 is 0 Å². The molecular weight excluding hydrogens is 248 g/mol. The van der Waals surface area contributed by atoms with E-state index in [4.69, 9.17) is 6.42 Å². The molecule has 0 saturated carbocycles. The minimum atomic E-state index is -3.37. The largest absolute Gasteiger partial charge is 0.304 e. The second-order valence-electron chi connectivity index (χ2n) is 4.38. The molecule has 1 aromatic carbocycles. The Balaban J connectivity index is 2.22. The van der Waals surface area contributed by atoms with Crippen LogP contribution >= 0.6 is 0 Å². The molecule has 2 rings (SSSR count). The first-order chi connectivity index (χ1) is 8.54. The molecule has 18 heavy (non-hydrogen) atoms. The third kappa shape index (κ3) is 2.56. The Bertz CT molecular complexity index is 550. The van der Waals surface area contributed by atoms with Crippen molar-refractivity contribution in [3.63, 3.8) is 0 Å². The van der Waals surface area contributed by atoms with Crippen molar-refractivity contribution in [3.05, 3.63) is 29.8 Å². The number of hydrogen-bond donors (Lipinski definition) is 0. The van der Waals surface area contributed by atoms with Crippen LogP contribution in [0.3, 0.4) is 0 Å². The Morgan fingerprint density at radius 2 is 1.67 bits per heavy atom. The van der Waals surface area contributed by atoms with Gasteiger partial charge in [0, 0.05) is 31.7 Å². The molecule has 96 valence electrons. The van der Waals surface area contributed by atoms with E-state index in [0.29, 0.717) is 23.5 Å². The number of benzene rings is 1. The van der Waals surface area contributed by atoms with Gasteiger partial charge in [0.1, 0.15) is 0 Å². The Labute approximate surface area is 108 Å². The lowest BCUT2D eigenvalue weighted by Gasteiger charge is -2.31. The van der Waals surface area contributed by atoms with E-state index >= 15 is 0 Å². The minimum Gasteiger partial charge on any atom is -0.304 e. The van der Waals surface area contributed by atoms with Gasteiger partial charge in [-0.3, -0.25) is 0 Å². The van der Waals surface area contributed by atoms with Crippen LogP contribution in [0.1, 0.15) is 5.56 Å². The fourth-order valence-corrected chi connectivity index (χ4v) is 3.32. The molecule has 5 heteroatoms. The average Bonchev–Trinajstić information content (AvgIpc) is 2.39. The van der Waals surface area contributed by atoms with Crippen molar-refractivity contribution in [1.82, 2.24) is 9.21 Å². The van der Waals surface area contributed by atoms with Crippen LogP contribution in [0.25, 0.3) is 0 Å². The Morgan fingerprint density at radius 3 is 2.17 bits per heavy atom. The highest BCUT2D eigenvalue weighted by atomic mass is 32.2. The topological polar surface area (TPSA) is 40.6 Å². The molecular formula is C13H16N2O2S. The van der Waals surface area contributed by atoms with Crippen LogP contribution in [0.15, 0.2) is 29.2 Å². The van der Waals surface area contributed by atoms with Crippen LogP contribution in [-0.4, -0.2) is 50.8 Å². The number of rotatable bonds is 2. The maximum absolute atomic E-state index is 12.3. The Hall–Kier alpha value is -1.35. The molecule has 0 unspecified atom stereocenters. The van der Waals surface area contributed by atoms with Crippen LogP contribution in [0, 0.1) is 12.3 Å². The van der Waals surface area contributed by atoms with Crippen molar-refractivity contribution < 1.29 is 8.42 Å². The van der Waals surface area contributed by atoms with E-state index in [-0.39, 0.29) is 0 Å². The van der Waals surface area contributed by atoms with E-state index in [2.05, 4.69) is 10.8 Å². The molecule has 1 aromatic rings. The molecule has 0 atom stereocenters. The highest BCUT2D eigenvalue weighted by Crippen LogP contribution is 2.17. The van der Waals surface area contributed by atoms with Crippen molar-refractivity contribution in [2.45, 2.75) is 4.90 Å². The van der Waals surface area contributed by atoms with E-state index < -0.39 is 10.0 Å². The highest BCUT2D eigenvalue weighted by Gasteiger charge is 2.27. The van der Waals surface area contributed by atoms with Crippen LogP contribution in [0.5, 0.6) is 0 Å². The summed E-state index contributed by atoms with van der Waals surface area (Å²) < 4.78 is 26.2. The zero-order chi connectivity index (χ0) is 13.2. The lowest BCUT2D eigenvalue weighted by atomic mass is 10.2. The molecule has 1 fully saturated rings. The second-order valence-corrected chi connectivity index (χ2v) is 6.31. The Kier molecular flexibility index (Phi) is 3.71. The molecule has 1 aliphatic rings. The third-order valence-electron chi connectivity index (χ3n) is 3.12. The first-order valence-electron chi connectivity index (χ1n) is 5.79. The fourth-order valence-electron chi connectivity index (χ4n) is 1.90. The van der Waals surface area contributed by atoms with Gasteiger partial charge in [-0.2, -0.15) is 4.31 Å². The smallest absolute Gasteiger partial charge is 0.243 e. The van der Waals surface area contributed by atoms with E-state index in [9.17, 15) is 8.42 Å². The van der Waals surface area contributed by atoms with Gasteiger partial charge in [-0.25, -0.2) is 8.42 Å². The Morgan fingerprint density at radius 1 is 1.11 bits per heavy atom. The van der Waals surface area contributed by atoms with Gasteiger partial charge in [0.15, 0.2) is 0 Å². The molecule has 0 spiro atoms. The van der Waals surface area contributed by atoms with Gasteiger partial charge >= 0.3 is 0 Å². The minimum absolute atomic E-state index is 0.311. The average molecular weight is 264 g/mol. The standard InChI is InChI=1S/C13H16N2O2S/c1-3-12-4-6-13(7-5-12)18(16,17)15-10-8-14(2)9-11-15/h1,4-7H,8-11H2,2H3. The van der Waals surface area contributed by atoms with E-state index in [1.165, 1.54) is 4.31 Å². The number of sulfonamides is 1. The molecule has 0 bridgehead atoms. The van der Waals surface area contributed by atoms with Crippen molar-refractivity contribution >= 4 is 10.0 Å². The second kappa shape index (κ2) is 5.11. The monoisotopic (exact) mass is 264 g/mol. The first-order valence-corrected chi connectivity index (χ1v) is 7.23. The summed E-state index contributed by atoms with van der Waals surface area (Å²) in [6, 6.07) is 6.46. The molecule has 0 aromatic heterocycles. The number of terminal acetylenes is 1. The summed E-state index contributed by atoms with van der Waals surface area (Å²) in [6.07, 6.45) is 5.25. The van der Waals surface area contributed by atoms with Gasteiger partial charge < -0.3 is 4.90 Å². The molecule has 1 heterocycles. The zero-order valence-electron chi connectivity index (χ0n) is 10.3. The number of nitrogens with zero attached hydrogens (tertiary/aromatic N) is 2. The molecule has 0 aliphatic carbocycles. The van der Waals surface area contributed by atoms with Crippen molar-refractivity contribution in [3.8, 4) is 12.3 Å². The van der Waals surface area contributed by atoms with Crippen LogP contribution in [0.4, 0.5) is 0 Å². The van der Waals surface area contributed by atoms with E-state index in [0.717, 1.165) is 13.1 Å². The fraction of sp³-hybridized carbons (Fsp3) is 0.385. The number of hydrogen-bond acceptors (Lipinski definition) is 3. The van der Waals surface area contributed by atoms with Crippen LogP contribution in [-0.2, 0) is 10.0 Å². The maximum Gasteiger partial charge on any atom is 0.243 e. The van der Waals surface area contributed by atoms with Crippen molar-refractivity contribution in [2.75, 3.05) is 33.2 Å². The summed E-state index contributed by atoms with van der Waals surface area (Å²) in [5.41, 5.74) is 0.687. The molecule has 1 aliphatic heterocycles. The predicted octanol–water partition coefficient (Wildman–Crippen LogP) is 0.604. The summed E-state index contributed by atoms with van der Waals surface area (Å²) in [7, 11) is -1.38. The lowest BCUT2D eigenvalue weighted by molar-refractivity contribution is 0.222. The van der Waals surface area contributed by atoms with Gasteiger partial charge in [0.2, 0.25) is 10.0 Å². The zero-order valence-corrected chi connectivity index (χ0v) is 11.2. The summed E-state index contributed by atoms with van der Waals surface area (Å²) in [4.78, 5) is 2.43. The van der Waals surface area contributed by atoms with Crippen LogP contribution in [0.2, 0.25) is 0 Å². The molecule has 1 saturated heterocycles. The number of piperazine rings is 1. The van der Waals surface area contributed by atoms with E-state index in [1.54, 1.807) is 24.3 Å². The molecule has 0 amide bonds. The van der Waals surface area contributed by atoms with Crippen molar-refractivity contribution in [1.29, 1.82) is 0 Å². The summed E-state index contributed by atoms with van der Waals surface area (Å²) in [5.74, 6) is 2.48. The summed E-state index contributed by atoms with van der Waals surface area (Å²) in [6.45, 7) is 2.61. The SMILES string of the molecule is C#Cc1ccc(S(=O)(=O)N2CCN(C)CC2)cc1. The summed E-state index contributed by atoms with van der Waals surface area (Å²) in [5, 5.41) is 0. The number of likely N-dealkylation sites (N-methyl/N-ethyl adjacent to an activating group) is 1.